The van der Waals surface area contributed by atoms with Crippen LogP contribution in [0.25, 0.3) is 0 Å². The smallest absolute Gasteiger partial charge is 0.336 e. The van der Waals surface area contributed by atoms with Gasteiger partial charge in [0.05, 0.1) is 30.3 Å². The van der Waals surface area contributed by atoms with Crippen LogP contribution in [0.4, 0.5) is 5.69 Å². The van der Waals surface area contributed by atoms with Crippen molar-refractivity contribution in [2.45, 2.75) is 45.6 Å². The third-order valence-electron chi connectivity index (χ3n) is 5.72. The number of esters is 2. The summed E-state index contributed by atoms with van der Waals surface area (Å²) in [4.78, 5) is 26.3. The predicted molar refractivity (Wildman–Crippen MR) is 123 cm³/mol. The second kappa shape index (κ2) is 10.0. The fraction of sp³-hybridized carbons (Fsp3) is 0.385. The number of anilines is 1. The zero-order valence-corrected chi connectivity index (χ0v) is 19.1. The van der Waals surface area contributed by atoms with E-state index >= 15 is 0 Å². The molecule has 0 aliphatic heterocycles. The maximum absolute atomic E-state index is 13.2. The lowest BCUT2D eigenvalue weighted by atomic mass is 9.65. The number of carbonyl (C=O) groups excluding carboxylic acids is 2. The Balaban J connectivity index is 2.23. The van der Waals surface area contributed by atoms with Gasteiger partial charge in [-0.25, -0.2) is 4.79 Å². The zero-order valence-electron chi connectivity index (χ0n) is 19.1. The highest BCUT2D eigenvalue weighted by molar-refractivity contribution is 5.94. The number of hydrogen-bond acceptors (Lipinski definition) is 6. The molecule has 0 spiro atoms. The van der Waals surface area contributed by atoms with Crippen molar-refractivity contribution in [2.24, 2.45) is 5.92 Å². The Bertz CT molecular complexity index is 979. The van der Waals surface area contributed by atoms with Crippen molar-refractivity contribution in [1.29, 1.82) is 0 Å². The molecule has 0 saturated heterocycles. The van der Waals surface area contributed by atoms with Gasteiger partial charge in [-0.2, -0.15) is 0 Å². The SMILES string of the molecule is CCOC(=O)C1=C(Nc2ccccc2)C[C@@](C)(O)[C@H](C(=O)OCC)[C@@H]1c1ccc(C)cc1. The molecule has 3 rings (SSSR count). The summed E-state index contributed by atoms with van der Waals surface area (Å²) in [5.74, 6) is -2.75. The van der Waals surface area contributed by atoms with Gasteiger partial charge in [-0.1, -0.05) is 48.0 Å². The maximum atomic E-state index is 13.2. The molecular weight excluding hydrogens is 406 g/mol. The van der Waals surface area contributed by atoms with Crippen LogP contribution < -0.4 is 5.32 Å². The molecule has 0 saturated carbocycles. The molecule has 1 aliphatic rings. The lowest BCUT2D eigenvalue weighted by Crippen LogP contribution is -2.49. The second-order valence-corrected chi connectivity index (χ2v) is 8.26. The van der Waals surface area contributed by atoms with Crippen molar-refractivity contribution in [3.8, 4) is 0 Å². The molecule has 0 bridgehead atoms. The van der Waals surface area contributed by atoms with Crippen molar-refractivity contribution in [2.75, 3.05) is 18.5 Å². The first-order chi connectivity index (χ1) is 15.3. The summed E-state index contributed by atoms with van der Waals surface area (Å²) in [6.07, 6.45) is 0.0713. The van der Waals surface area contributed by atoms with E-state index in [9.17, 15) is 14.7 Å². The predicted octanol–water partition coefficient (Wildman–Crippen LogP) is 4.34. The molecule has 0 unspecified atom stereocenters. The van der Waals surface area contributed by atoms with E-state index in [0.717, 1.165) is 16.8 Å². The molecule has 0 radical (unpaired) electrons. The number of nitrogens with one attached hydrogen (secondary N) is 1. The van der Waals surface area contributed by atoms with Crippen LogP contribution >= 0.6 is 0 Å². The van der Waals surface area contributed by atoms with Crippen LogP contribution in [0, 0.1) is 12.8 Å². The summed E-state index contributed by atoms with van der Waals surface area (Å²) in [6.45, 7) is 7.42. The van der Waals surface area contributed by atoms with E-state index in [2.05, 4.69) is 5.32 Å². The van der Waals surface area contributed by atoms with Crippen LogP contribution in [0.2, 0.25) is 0 Å². The molecule has 2 aromatic rings. The molecule has 32 heavy (non-hydrogen) atoms. The van der Waals surface area contributed by atoms with Gasteiger partial charge in [0.1, 0.15) is 0 Å². The molecule has 2 aromatic carbocycles. The molecule has 2 N–H and O–H groups in total. The minimum atomic E-state index is -1.45. The molecular formula is C26H31NO5. The van der Waals surface area contributed by atoms with Crippen molar-refractivity contribution in [1.82, 2.24) is 0 Å². The van der Waals surface area contributed by atoms with E-state index in [1.54, 1.807) is 20.8 Å². The van der Waals surface area contributed by atoms with Gasteiger partial charge in [0.25, 0.3) is 0 Å². The molecule has 0 heterocycles. The van der Waals surface area contributed by atoms with Crippen molar-refractivity contribution in [3.63, 3.8) is 0 Å². The highest BCUT2D eigenvalue weighted by Crippen LogP contribution is 2.48. The third kappa shape index (κ3) is 5.02. The molecule has 0 amide bonds. The topological polar surface area (TPSA) is 84.9 Å². The molecule has 0 aromatic heterocycles. The Kier molecular flexibility index (Phi) is 7.36. The van der Waals surface area contributed by atoms with E-state index in [1.165, 1.54) is 0 Å². The van der Waals surface area contributed by atoms with E-state index in [4.69, 9.17) is 9.47 Å². The van der Waals surface area contributed by atoms with Crippen LogP contribution in [-0.2, 0) is 19.1 Å². The van der Waals surface area contributed by atoms with Crippen molar-refractivity contribution >= 4 is 17.6 Å². The highest BCUT2D eigenvalue weighted by atomic mass is 16.5. The second-order valence-electron chi connectivity index (χ2n) is 8.26. The minimum Gasteiger partial charge on any atom is -0.466 e. The van der Waals surface area contributed by atoms with Crippen LogP contribution in [-0.4, -0.2) is 35.9 Å². The number of benzene rings is 2. The number of aliphatic hydroxyl groups is 1. The standard InChI is InChI=1S/C26H31NO5/c1-5-31-24(28)22-20(27-19-10-8-7-9-11-19)16-26(4,30)23(25(29)32-6-2)21(22)18-14-12-17(3)13-15-18/h7-15,21,23,27,30H,5-6,16H2,1-4H3/t21-,23+,26-/m1/s1. The van der Waals surface area contributed by atoms with E-state index < -0.39 is 29.4 Å². The number of ether oxygens (including phenoxy) is 2. The summed E-state index contributed by atoms with van der Waals surface area (Å²) in [7, 11) is 0. The van der Waals surface area contributed by atoms with Crippen molar-refractivity contribution in [3.05, 3.63) is 77.0 Å². The van der Waals surface area contributed by atoms with Gasteiger partial charge < -0.3 is 19.9 Å². The lowest BCUT2D eigenvalue weighted by molar-refractivity contribution is -0.159. The van der Waals surface area contributed by atoms with Gasteiger partial charge in [-0.05, 0) is 45.4 Å². The monoisotopic (exact) mass is 437 g/mol. The van der Waals surface area contributed by atoms with Crippen LogP contribution in [0.5, 0.6) is 0 Å². The van der Waals surface area contributed by atoms with Crippen LogP contribution in [0.3, 0.4) is 0 Å². The first-order valence-corrected chi connectivity index (χ1v) is 11.0. The molecule has 6 heteroatoms. The average Bonchev–Trinajstić information content (AvgIpc) is 2.74. The highest BCUT2D eigenvalue weighted by Gasteiger charge is 2.52. The minimum absolute atomic E-state index is 0.0713. The largest absolute Gasteiger partial charge is 0.466 e. The van der Waals surface area contributed by atoms with Gasteiger partial charge in [-0.15, -0.1) is 0 Å². The Labute approximate surface area is 189 Å². The zero-order chi connectivity index (χ0) is 23.3. The van der Waals surface area contributed by atoms with Crippen molar-refractivity contribution < 1.29 is 24.2 Å². The Morgan fingerprint density at radius 1 is 1.03 bits per heavy atom. The molecule has 1 aliphatic carbocycles. The first kappa shape index (κ1) is 23.5. The number of aryl methyl sites for hydroxylation is 1. The molecule has 170 valence electrons. The van der Waals surface area contributed by atoms with E-state index in [0.29, 0.717) is 11.3 Å². The summed E-state index contributed by atoms with van der Waals surface area (Å²) in [5.41, 5.74) is 1.99. The van der Waals surface area contributed by atoms with Crippen LogP contribution in [0.1, 0.15) is 44.2 Å². The van der Waals surface area contributed by atoms with Crippen LogP contribution in [0.15, 0.2) is 65.9 Å². The van der Waals surface area contributed by atoms with Gasteiger partial charge in [0.15, 0.2) is 0 Å². The van der Waals surface area contributed by atoms with Gasteiger partial charge in [0, 0.05) is 23.7 Å². The Hall–Kier alpha value is -3.12. The number of rotatable bonds is 7. The first-order valence-electron chi connectivity index (χ1n) is 11.0. The quantitative estimate of drug-likeness (QED) is 0.627. The summed E-state index contributed by atoms with van der Waals surface area (Å²) in [5, 5.41) is 14.8. The fourth-order valence-corrected chi connectivity index (χ4v) is 4.30. The summed E-state index contributed by atoms with van der Waals surface area (Å²) >= 11 is 0. The van der Waals surface area contributed by atoms with E-state index in [1.807, 2.05) is 61.5 Å². The summed E-state index contributed by atoms with van der Waals surface area (Å²) < 4.78 is 10.8. The van der Waals surface area contributed by atoms with Gasteiger partial charge in [-0.3, -0.25) is 4.79 Å². The third-order valence-corrected chi connectivity index (χ3v) is 5.72. The van der Waals surface area contributed by atoms with Gasteiger partial charge in [0.2, 0.25) is 0 Å². The lowest BCUT2D eigenvalue weighted by Gasteiger charge is -2.43. The fourth-order valence-electron chi connectivity index (χ4n) is 4.30. The average molecular weight is 438 g/mol. The summed E-state index contributed by atoms with van der Waals surface area (Å²) in [6, 6.07) is 17.0. The normalized spacial score (nSPS) is 22.9. The molecule has 6 nitrogen and oxygen atoms in total. The number of para-hydroxylation sites is 1. The maximum Gasteiger partial charge on any atom is 0.336 e. The number of carbonyl (C=O) groups is 2. The van der Waals surface area contributed by atoms with Gasteiger partial charge >= 0.3 is 11.9 Å². The Morgan fingerprint density at radius 3 is 2.25 bits per heavy atom. The number of hydrogen-bond donors (Lipinski definition) is 2. The molecule has 0 fully saturated rings. The van der Waals surface area contributed by atoms with E-state index in [-0.39, 0.29) is 19.6 Å². The Morgan fingerprint density at radius 2 is 1.66 bits per heavy atom. The molecule has 3 atom stereocenters.